The molecule has 0 amide bonds. The summed E-state index contributed by atoms with van der Waals surface area (Å²) in [6, 6.07) is 2.60. The standard InChI is InChI=1S/C10H7F2IO3/c1-5(15)7-2-6(4-14)3-8(13)9(7)16-10(11)12/h2-4,10H,1H3. The smallest absolute Gasteiger partial charge is 0.387 e. The average Bonchev–Trinajstić information content (AvgIpc) is 2.19. The highest BCUT2D eigenvalue weighted by Gasteiger charge is 2.17. The second kappa shape index (κ2) is 5.33. The highest BCUT2D eigenvalue weighted by atomic mass is 127. The normalized spacial score (nSPS) is 10.3. The summed E-state index contributed by atoms with van der Waals surface area (Å²) in [4.78, 5) is 21.8. The molecule has 0 radical (unpaired) electrons. The van der Waals surface area contributed by atoms with Crippen molar-refractivity contribution in [2.45, 2.75) is 13.5 Å². The molecule has 0 aliphatic heterocycles. The van der Waals surface area contributed by atoms with Gasteiger partial charge in [0.2, 0.25) is 0 Å². The second-order valence-electron chi connectivity index (χ2n) is 2.93. The van der Waals surface area contributed by atoms with Crippen LogP contribution < -0.4 is 4.74 Å². The van der Waals surface area contributed by atoms with Gasteiger partial charge in [0, 0.05) is 5.56 Å². The van der Waals surface area contributed by atoms with Gasteiger partial charge in [-0.25, -0.2) is 0 Å². The number of benzene rings is 1. The van der Waals surface area contributed by atoms with Gasteiger partial charge in [-0.2, -0.15) is 8.78 Å². The predicted octanol–water partition coefficient (Wildman–Crippen LogP) is 2.91. The van der Waals surface area contributed by atoms with Gasteiger partial charge < -0.3 is 4.74 Å². The zero-order chi connectivity index (χ0) is 12.3. The van der Waals surface area contributed by atoms with Gasteiger partial charge in [-0.1, -0.05) is 0 Å². The highest BCUT2D eigenvalue weighted by molar-refractivity contribution is 14.1. The summed E-state index contributed by atoms with van der Waals surface area (Å²) in [5.74, 6) is -0.619. The van der Waals surface area contributed by atoms with Crippen LogP contribution >= 0.6 is 22.6 Å². The Kier molecular flexibility index (Phi) is 4.34. The molecule has 0 N–H and O–H groups in total. The molecule has 0 saturated carbocycles. The average molecular weight is 340 g/mol. The monoisotopic (exact) mass is 340 g/mol. The molecule has 0 aliphatic rings. The van der Waals surface area contributed by atoms with E-state index >= 15 is 0 Å². The molecule has 1 aromatic rings. The van der Waals surface area contributed by atoms with Crippen molar-refractivity contribution in [3.05, 3.63) is 26.8 Å². The number of rotatable bonds is 4. The second-order valence-corrected chi connectivity index (χ2v) is 4.09. The molecule has 0 aliphatic carbocycles. The van der Waals surface area contributed by atoms with Gasteiger partial charge in [0.25, 0.3) is 0 Å². The number of ether oxygens (including phenoxy) is 1. The van der Waals surface area contributed by atoms with Crippen LogP contribution in [0.15, 0.2) is 12.1 Å². The number of Topliss-reactive ketones (excluding diaryl/α,β-unsaturated/α-hetero) is 1. The molecule has 0 spiro atoms. The lowest BCUT2D eigenvalue weighted by molar-refractivity contribution is -0.0507. The van der Waals surface area contributed by atoms with Gasteiger partial charge in [-0.15, -0.1) is 0 Å². The van der Waals surface area contributed by atoms with Gasteiger partial charge in [-0.05, 0) is 41.6 Å². The molecule has 0 bridgehead atoms. The fourth-order valence-electron chi connectivity index (χ4n) is 1.15. The van der Waals surface area contributed by atoms with E-state index in [9.17, 15) is 18.4 Å². The Labute approximate surface area is 104 Å². The van der Waals surface area contributed by atoms with Crippen molar-refractivity contribution >= 4 is 34.7 Å². The topological polar surface area (TPSA) is 43.4 Å². The van der Waals surface area contributed by atoms with Gasteiger partial charge in [0.1, 0.15) is 12.0 Å². The zero-order valence-corrected chi connectivity index (χ0v) is 10.3. The van der Waals surface area contributed by atoms with Crippen LogP contribution in [0.4, 0.5) is 8.78 Å². The lowest BCUT2D eigenvalue weighted by Crippen LogP contribution is -2.09. The number of halogens is 3. The van der Waals surface area contributed by atoms with Crippen molar-refractivity contribution < 1.29 is 23.1 Å². The van der Waals surface area contributed by atoms with Crippen molar-refractivity contribution in [1.82, 2.24) is 0 Å². The molecule has 6 heteroatoms. The molecular formula is C10H7F2IO3. The minimum Gasteiger partial charge on any atom is -0.433 e. The molecule has 0 heterocycles. The summed E-state index contributed by atoms with van der Waals surface area (Å²) < 4.78 is 28.8. The third-order valence-corrected chi connectivity index (χ3v) is 2.59. The van der Waals surface area contributed by atoms with Crippen LogP contribution in [0.2, 0.25) is 0 Å². The van der Waals surface area contributed by atoms with Crippen LogP contribution in [0.5, 0.6) is 5.75 Å². The third-order valence-electron chi connectivity index (χ3n) is 1.79. The van der Waals surface area contributed by atoms with Crippen LogP contribution in [0.1, 0.15) is 27.6 Å². The summed E-state index contributed by atoms with van der Waals surface area (Å²) >= 11 is 1.73. The molecular weight excluding hydrogens is 333 g/mol. The lowest BCUT2D eigenvalue weighted by Gasteiger charge is -2.11. The Morgan fingerprint density at radius 3 is 2.56 bits per heavy atom. The fourth-order valence-corrected chi connectivity index (χ4v) is 1.93. The molecule has 0 unspecified atom stereocenters. The van der Waals surface area contributed by atoms with E-state index in [2.05, 4.69) is 4.74 Å². The fraction of sp³-hybridized carbons (Fsp3) is 0.200. The van der Waals surface area contributed by atoms with E-state index in [4.69, 9.17) is 0 Å². The Morgan fingerprint density at radius 1 is 1.50 bits per heavy atom. The van der Waals surface area contributed by atoms with Crippen LogP contribution in [0, 0.1) is 3.57 Å². The largest absolute Gasteiger partial charge is 0.433 e. The molecule has 3 nitrogen and oxygen atoms in total. The maximum absolute atomic E-state index is 12.1. The molecule has 0 atom stereocenters. The molecule has 0 fully saturated rings. The Hall–Kier alpha value is -1.05. The number of aldehydes is 1. The van der Waals surface area contributed by atoms with Crippen molar-refractivity contribution in [1.29, 1.82) is 0 Å². The van der Waals surface area contributed by atoms with E-state index in [0.29, 0.717) is 9.86 Å². The first kappa shape index (κ1) is 13.0. The van der Waals surface area contributed by atoms with Crippen LogP contribution in [-0.2, 0) is 0 Å². The predicted molar refractivity (Wildman–Crippen MR) is 61.2 cm³/mol. The SMILES string of the molecule is CC(=O)c1cc(C=O)cc(I)c1OC(F)F. The number of hydrogen-bond donors (Lipinski definition) is 0. The number of alkyl halides is 2. The molecule has 0 saturated heterocycles. The van der Waals surface area contributed by atoms with Gasteiger partial charge >= 0.3 is 6.61 Å². The molecule has 1 rings (SSSR count). The maximum atomic E-state index is 12.1. The van der Waals surface area contributed by atoms with E-state index in [1.54, 1.807) is 22.6 Å². The number of ketones is 1. The van der Waals surface area contributed by atoms with E-state index < -0.39 is 12.4 Å². The van der Waals surface area contributed by atoms with E-state index in [1.165, 1.54) is 19.1 Å². The van der Waals surface area contributed by atoms with Crippen LogP contribution in [-0.4, -0.2) is 18.7 Å². The van der Waals surface area contributed by atoms with E-state index in [-0.39, 0.29) is 16.9 Å². The summed E-state index contributed by atoms with van der Waals surface area (Å²) in [5.41, 5.74) is 0.227. The van der Waals surface area contributed by atoms with Crippen molar-refractivity contribution in [3.8, 4) is 5.75 Å². The minimum atomic E-state index is -3.01. The summed E-state index contributed by atoms with van der Waals surface area (Å²) in [6.07, 6.45) is 0.542. The Morgan fingerprint density at radius 2 is 2.12 bits per heavy atom. The summed E-state index contributed by atoms with van der Waals surface area (Å²) in [7, 11) is 0. The van der Waals surface area contributed by atoms with Crippen molar-refractivity contribution in [2.75, 3.05) is 0 Å². The minimum absolute atomic E-state index is 0.0192. The number of carbonyl (C=O) groups excluding carboxylic acids is 2. The summed E-state index contributed by atoms with van der Waals surface area (Å²) in [5, 5.41) is 0. The molecule has 0 aromatic heterocycles. The van der Waals surface area contributed by atoms with E-state index in [1.807, 2.05) is 0 Å². The molecule has 16 heavy (non-hydrogen) atoms. The lowest BCUT2D eigenvalue weighted by atomic mass is 10.1. The molecule has 86 valence electrons. The Bertz CT molecular complexity index is 432. The number of hydrogen-bond acceptors (Lipinski definition) is 3. The summed E-state index contributed by atoms with van der Waals surface area (Å²) in [6.45, 7) is -1.79. The van der Waals surface area contributed by atoms with E-state index in [0.717, 1.165) is 0 Å². The van der Waals surface area contributed by atoms with Crippen LogP contribution in [0.25, 0.3) is 0 Å². The van der Waals surface area contributed by atoms with Crippen molar-refractivity contribution in [3.63, 3.8) is 0 Å². The zero-order valence-electron chi connectivity index (χ0n) is 8.17. The van der Waals surface area contributed by atoms with Gasteiger partial charge in [-0.3, -0.25) is 9.59 Å². The highest BCUT2D eigenvalue weighted by Crippen LogP contribution is 2.29. The van der Waals surface area contributed by atoms with Crippen molar-refractivity contribution in [2.24, 2.45) is 0 Å². The molecule has 1 aromatic carbocycles. The quantitative estimate of drug-likeness (QED) is 0.481. The first-order valence-corrected chi connectivity index (χ1v) is 5.28. The maximum Gasteiger partial charge on any atom is 0.387 e. The third kappa shape index (κ3) is 2.97. The first-order valence-electron chi connectivity index (χ1n) is 4.20. The van der Waals surface area contributed by atoms with Gasteiger partial charge in [0.05, 0.1) is 9.13 Å². The van der Waals surface area contributed by atoms with Gasteiger partial charge in [0.15, 0.2) is 5.78 Å². The first-order chi connectivity index (χ1) is 7.45. The number of carbonyl (C=O) groups is 2. The van der Waals surface area contributed by atoms with Crippen LogP contribution in [0.3, 0.4) is 0 Å². The Balaban J connectivity index is 3.33.